The van der Waals surface area contributed by atoms with Gasteiger partial charge in [0, 0.05) is 25.6 Å². The second-order valence-electron chi connectivity index (χ2n) is 7.09. The number of nitro benzene ring substituents is 1. The monoisotopic (exact) mass is 586 g/mol. The number of nitrogens with one attached hydrogen (secondary N) is 1. The molecule has 0 spiro atoms. The first-order valence-corrected chi connectivity index (χ1v) is 11.2. The zero-order valence-electron chi connectivity index (χ0n) is 17.0. The molecule has 1 aliphatic rings. The van der Waals surface area contributed by atoms with E-state index in [-0.39, 0.29) is 16.7 Å². The molecule has 9 nitrogen and oxygen atoms in total. The normalized spacial score (nSPS) is 11.9. The summed E-state index contributed by atoms with van der Waals surface area (Å²) in [5, 5.41) is 14.4. The molecule has 0 saturated heterocycles. The molecule has 3 aromatic rings. The number of carbonyl (C=O) groups excluding carboxylic acids is 4. The minimum absolute atomic E-state index is 0.00747. The number of ether oxygens (including phenoxy) is 1. The molecular weight excluding hydrogens is 576 g/mol. The fraction of sp³-hybridized carbons (Fsp3) is 0.0435. The van der Waals surface area contributed by atoms with Crippen LogP contribution in [0.1, 0.15) is 42.2 Å². The smallest absolute Gasteiger partial charge is 0.345 e. The quantitative estimate of drug-likeness (QED) is 0.203. The van der Waals surface area contributed by atoms with Crippen LogP contribution in [0.25, 0.3) is 0 Å². The molecule has 1 amide bonds. The fourth-order valence-corrected chi connectivity index (χ4v) is 4.66. The minimum Gasteiger partial charge on any atom is -0.452 e. The Morgan fingerprint density at radius 3 is 2.26 bits per heavy atom. The van der Waals surface area contributed by atoms with Gasteiger partial charge in [0.2, 0.25) is 5.78 Å². The van der Waals surface area contributed by atoms with Crippen LogP contribution >= 0.6 is 31.9 Å². The number of nitro groups is 1. The van der Waals surface area contributed by atoms with Crippen LogP contribution in [0.2, 0.25) is 0 Å². The van der Waals surface area contributed by atoms with Crippen LogP contribution in [0.4, 0.5) is 11.4 Å². The van der Waals surface area contributed by atoms with Crippen molar-refractivity contribution in [2.45, 2.75) is 0 Å². The molecule has 0 bridgehead atoms. The molecule has 0 aromatic heterocycles. The highest BCUT2D eigenvalue weighted by Crippen LogP contribution is 2.35. The van der Waals surface area contributed by atoms with E-state index in [1.807, 2.05) is 0 Å². The second-order valence-corrected chi connectivity index (χ2v) is 8.86. The summed E-state index contributed by atoms with van der Waals surface area (Å²) in [5.74, 6) is -3.17. The SMILES string of the molecule is O=C(COC(=O)c1ccc2c(c1[N+](=O)[O-])C(=O)c1ccccc1C2=O)Nc1ccc(Br)cc1Br. The Morgan fingerprint density at radius 2 is 1.62 bits per heavy atom. The number of halogens is 2. The van der Waals surface area contributed by atoms with Crippen molar-refractivity contribution in [1.82, 2.24) is 0 Å². The number of amides is 1. The largest absolute Gasteiger partial charge is 0.452 e. The maximum absolute atomic E-state index is 13.0. The van der Waals surface area contributed by atoms with E-state index in [1.165, 1.54) is 24.3 Å². The average molecular weight is 588 g/mol. The van der Waals surface area contributed by atoms with Crippen LogP contribution in [-0.4, -0.2) is 35.0 Å². The van der Waals surface area contributed by atoms with E-state index >= 15 is 0 Å². The van der Waals surface area contributed by atoms with E-state index in [9.17, 15) is 29.3 Å². The van der Waals surface area contributed by atoms with Crippen molar-refractivity contribution < 1.29 is 28.8 Å². The van der Waals surface area contributed by atoms with Gasteiger partial charge in [-0.3, -0.25) is 24.5 Å². The second kappa shape index (κ2) is 9.27. The summed E-state index contributed by atoms with van der Waals surface area (Å²) < 4.78 is 6.32. The van der Waals surface area contributed by atoms with Gasteiger partial charge >= 0.3 is 5.97 Å². The van der Waals surface area contributed by atoms with Crippen molar-refractivity contribution in [2.75, 3.05) is 11.9 Å². The highest BCUT2D eigenvalue weighted by atomic mass is 79.9. The lowest BCUT2D eigenvalue weighted by molar-refractivity contribution is -0.385. The van der Waals surface area contributed by atoms with E-state index in [2.05, 4.69) is 37.2 Å². The molecule has 34 heavy (non-hydrogen) atoms. The number of ketones is 2. The summed E-state index contributed by atoms with van der Waals surface area (Å²) in [6.07, 6.45) is 0. The molecule has 0 atom stereocenters. The Bertz CT molecular complexity index is 1420. The molecule has 0 radical (unpaired) electrons. The summed E-state index contributed by atoms with van der Waals surface area (Å²) in [4.78, 5) is 61.6. The number of rotatable bonds is 5. The molecular formula is C23H12Br2N2O7. The molecule has 1 aliphatic carbocycles. The van der Waals surface area contributed by atoms with Gasteiger partial charge in [0.25, 0.3) is 11.6 Å². The molecule has 4 rings (SSSR count). The zero-order valence-corrected chi connectivity index (χ0v) is 20.1. The highest BCUT2D eigenvalue weighted by molar-refractivity contribution is 9.11. The number of anilines is 1. The van der Waals surface area contributed by atoms with Crippen molar-refractivity contribution in [3.05, 3.63) is 101 Å². The van der Waals surface area contributed by atoms with E-state index in [0.717, 1.165) is 10.5 Å². The van der Waals surface area contributed by atoms with Gasteiger partial charge in [-0.05, 0) is 46.3 Å². The van der Waals surface area contributed by atoms with Gasteiger partial charge in [-0.1, -0.05) is 40.2 Å². The average Bonchev–Trinajstić information content (AvgIpc) is 2.81. The Kier molecular flexibility index (Phi) is 6.40. The third kappa shape index (κ3) is 4.27. The first-order chi connectivity index (χ1) is 16.2. The summed E-state index contributed by atoms with van der Waals surface area (Å²) in [5.41, 5.74) is -1.48. The van der Waals surface area contributed by atoms with Crippen LogP contribution in [0, 0.1) is 10.1 Å². The van der Waals surface area contributed by atoms with Crippen LogP contribution in [0.5, 0.6) is 0 Å². The third-order valence-corrected chi connectivity index (χ3v) is 6.16. The predicted octanol–water partition coefficient (Wildman–Crippen LogP) is 4.69. The van der Waals surface area contributed by atoms with E-state index in [1.54, 1.807) is 24.3 Å². The van der Waals surface area contributed by atoms with E-state index in [0.29, 0.717) is 10.2 Å². The van der Waals surface area contributed by atoms with Gasteiger partial charge in [0.1, 0.15) is 11.1 Å². The number of esters is 1. The third-order valence-electron chi connectivity index (χ3n) is 5.01. The lowest BCUT2D eigenvalue weighted by Gasteiger charge is -2.18. The Hall–Kier alpha value is -3.70. The lowest BCUT2D eigenvalue weighted by atomic mass is 9.82. The summed E-state index contributed by atoms with van der Waals surface area (Å²) in [6.45, 7) is -0.731. The van der Waals surface area contributed by atoms with Crippen molar-refractivity contribution >= 4 is 66.7 Å². The van der Waals surface area contributed by atoms with Crippen LogP contribution in [-0.2, 0) is 9.53 Å². The minimum atomic E-state index is -1.18. The fourth-order valence-electron chi connectivity index (χ4n) is 3.51. The molecule has 170 valence electrons. The molecule has 0 fully saturated rings. The number of benzene rings is 3. The zero-order chi connectivity index (χ0) is 24.6. The Balaban J connectivity index is 1.60. The van der Waals surface area contributed by atoms with E-state index in [4.69, 9.17) is 4.74 Å². The lowest BCUT2D eigenvalue weighted by Crippen LogP contribution is -2.25. The van der Waals surface area contributed by atoms with Crippen LogP contribution < -0.4 is 5.32 Å². The molecule has 3 aromatic carbocycles. The molecule has 0 aliphatic heterocycles. The Labute approximate surface area is 208 Å². The standard InChI is InChI=1S/C23H12Br2N2O7/c24-11-5-8-17(16(25)9-11)26-18(28)10-34-23(31)15-7-6-14-19(20(15)27(32)33)22(30)13-4-2-1-3-12(13)21(14)29/h1-9H,10H2,(H,26,28). The first-order valence-electron chi connectivity index (χ1n) is 9.61. The first kappa shape index (κ1) is 23.5. The van der Waals surface area contributed by atoms with Gasteiger partial charge in [-0.2, -0.15) is 0 Å². The highest BCUT2D eigenvalue weighted by Gasteiger charge is 2.39. The summed E-state index contributed by atoms with van der Waals surface area (Å²) in [7, 11) is 0. The topological polar surface area (TPSA) is 133 Å². The van der Waals surface area contributed by atoms with Crippen molar-refractivity contribution in [3.8, 4) is 0 Å². The maximum Gasteiger partial charge on any atom is 0.345 e. The van der Waals surface area contributed by atoms with E-state index < -0.39 is 51.8 Å². The Morgan fingerprint density at radius 1 is 0.941 bits per heavy atom. The molecule has 11 heteroatoms. The van der Waals surface area contributed by atoms with Crippen molar-refractivity contribution in [1.29, 1.82) is 0 Å². The van der Waals surface area contributed by atoms with Gasteiger partial charge in [0.05, 0.1) is 10.6 Å². The molecule has 1 N–H and O–H groups in total. The van der Waals surface area contributed by atoms with Gasteiger partial charge in [0.15, 0.2) is 12.4 Å². The number of fused-ring (bicyclic) bond motifs is 2. The number of hydrogen-bond donors (Lipinski definition) is 1. The van der Waals surface area contributed by atoms with Crippen molar-refractivity contribution in [2.24, 2.45) is 0 Å². The summed E-state index contributed by atoms with van der Waals surface area (Å²) in [6, 6.07) is 13.2. The maximum atomic E-state index is 13.0. The van der Waals surface area contributed by atoms with Gasteiger partial charge in [-0.15, -0.1) is 0 Å². The van der Waals surface area contributed by atoms with Crippen LogP contribution in [0.3, 0.4) is 0 Å². The number of hydrogen-bond acceptors (Lipinski definition) is 7. The van der Waals surface area contributed by atoms with Crippen molar-refractivity contribution in [3.63, 3.8) is 0 Å². The van der Waals surface area contributed by atoms with Gasteiger partial charge < -0.3 is 10.1 Å². The number of nitrogens with zero attached hydrogens (tertiary/aromatic N) is 1. The number of carbonyl (C=O) groups is 4. The summed E-state index contributed by atoms with van der Waals surface area (Å²) >= 11 is 6.58. The predicted molar refractivity (Wildman–Crippen MR) is 127 cm³/mol. The molecule has 0 heterocycles. The van der Waals surface area contributed by atoms with Gasteiger partial charge in [-0.25, -0.2) is 4.79 Å². The van der Waals surface area contributed by atoms with Crippen LogP contribution in [0.15, 0.2) is 63.5 Å². The molecule has 0 unspecified atom stereocenters. The molecule has 0 saturated carbocycles.